The number of aromatic amines is 1. The monoisotopic (exact) mass is 378 g/mol. The van der Waals surface area contributed by atoms with Crippen molar-refractivity contribution in [1.82, 2.24) is 20.4 Å². The summed E-state index contributed by atoms with van der Waals surface area (Å²) in [6, 6.07) is 13.4. The number of aryl methyl sites for hydroxylation is 1. The van der Waals surface area contributed by atoms with E-state index in [0.29, 0.717) is 30.1 Å². The molecule has 2 aromatic heterocycles. The van der Waals surface area contributed by atoms with E-state index < -0.39 is 6.04 Å². The largest absolute Gasteiger partial charge is 0.361 e. The minimum atomic E-state index is -0.419. The van der Waals surface area contributed by atoms with Crippen LogP contribution >= 0.6 is 0 Å². The number of halogens is 1. The van der Waals surface area contributed by atoms with Gasteiger partial charge in [-0.05, 0) is 49.2 Å². The molecule has 1 unspecified atom stereocenters. The van der Waals surface area contributed by atoms with Gasteiger partial charge in [-0.15, -0.1) is 0 Å². The number of amides is 1. The topological polar surface area (TPSA) is 83.8 Å². The molecular formula is C21H19FN4O2. The lowest BCUT2D eigenvalue weighted by molar-refractivity contribution is -0.121. The van der Waals surface area contributed by atoms with Gasteiger partial charge in [-0.1, -0.05) is 23.4 Å². The van der Waals surface area contributed by atoms with Crippen molar-refractivity contribution < 1.29 is 13.7 Å². The Hall–Kier alpha value is -3.48. The quantitative estimate of drug-likeness (QED) is 0.527. The molecule has 4 aromatic rings. The second-order valence-corrected chi connectivity index (χ2v) is 6.61. The molecule has 0 saturated carbocycles. The van der Waals surface area contributed by atoms with Crippen molar-refractivity contribution >= 4 is 16.8 Å². The van der Waals surface area contributed by atoms with Gasteiger partial charge in [-0.25, -0.2) is 4.39 Å². The van der Waals surface area contributed by atoms with E-state index in [1.54, 1.807) is 19.1 Å². The molecule has 0 bridgehead atoms. The molecule has 0 aliphatic heterocycles. The molecule has 2 aromatic carbocycles. The molecule has 6 nitrogen and oxygen atoms in total. The van der Waals surface area contributed by atoms with Crippen molar-refractivity contribution in [2.75, 3.05) is 0 Å². The molecule has 7 heteroatoms. The number of aromatic nitrogens is 3. The number of hydrogen-bond donors (Lipinski definition) is 2. The highest BCUT2D eigenvalue weighted by atomic mass is 19.1. The van der Waals surface area contributed by atoms with Crippen LogP contribution in [0.5, 0.6) is 0 Å². The van der Waals surface area contributed by atoms with Crippen LogP contribution in [0.25, 0.3) is 22.3 Å². The molecule has 0 fully saturated rings. The SMILES string of the molecule is CC(NC(=O)CCc1c[nH]c2ccccc12)c1nc(-c2ccc(F)cc2)no1. The maximum atomic E-state index is 13.0. The van der Waals surface area contributed by atoms with E-state index in [0.717, 1.165) is 16.5 Å². The molecule has 1 atom stereocenters. The van der Waals surface area contributed by atoms with Crippen molar-refractivity contribution in [2.24, 2.45) is 0 Å². The summed E-state index contributed by atoms with van der Waals surface area (Å²) in [5, 5.41) is 7.91. The Morgan fingerprint density at radius 1 is 1.21 bits per heavy atom. The van der Waals surface area contributed by atoms with Gasteiger partial charge in [0.05, 0.1) is 0 Å². The summed E-state index contributed by atoms with van der Waals surface area (Å²) in [6.07, 6.45) is 2.92. The second-order valence-electron chi connectivity index (χ2n) is 6.61. The third-order valence-electron chi connectivity index (χ3n) is 4.59. The number of hydrogen-bond acceptors (Lipinski definition) is 4. The van der Waals surface area contributed by atoms with Gasteiger partial charge in [-0.2, -0.15) is 4.98 Å². The van der Waals surface area contributed by atoms with Crippen molar-refractivity contribution in [3.63, 3.8) is 0 Å². The predicted octanol–water partition coefficient (Wildman–Crippen LogP) is 4.17. The van der Waals surface area contributed by atoms with Crippen LogP contribution in [0.3, 0.4) is 0 Å². The van der Waals surface area contributed by atoms with Crippen LogP contribution in [0.4, 0.5) is 4.39 Å². The first-order valence-electron chi connectivity index (χ1n) is 9.04. The maximum Gasteiger partial charge on any atom is 0.249 e. The zero-order valence-corrected chi connectivity index (χ0v) is 15.3. The first-order valence-corrected chi connectivity index (χ1v) is 9.04. The van der Waals surface area contributed by atoms with E-state index in [2.05, 4.69) is 20.4 Å². The fourth-order valence-electron chi connectivity index (χ4n) is 3.09. The lowest BCUT2D eigenvalue weighted by Crippen LogP contribution is -2.27. The van der Waals surface area contributed by atoms with E-state index in [1.807, 2.05) is 30.5 Å². The normalized spacial score (nSPS) is 12.2. The van der Waals surface area contributed by atoms with Crippen LogP contribution in [0, 0.1) is 5.82 Å². The van der Waals surface area contributed by atoms with Gasteiger partial charge in [0, 0.05) is 29.1 Å². The number of rotatable bonds is 6. The van der Waals surface area contributed by atoms with Crippen LogP contribution in [-0.4, -0.2) is 21.0 Å². The van der Waals surface area contributed by atoms with E-state index in [9.17, 15) is 9.18 Å². The van der Waals surface area contributed by atoms with E-state index in [1.165, 1.54) is 12.1 Å². The third kappa shape index (κ3) is 3.78. The average molecular weight is 378 g/mol. The van der Waals surface area contributed by atoms with E-state index in [4.69, 9.17) is 4.52 Å². The average Bonchev–Trinajstić information content (AvgIpc) is 3.34. The number of H-pyrrole nitrogens is 1. The van der Waals surface area contributed by atoms with Gasteiger partial charge in [0.25, 0.3) is 0 Å². The van der Waals surface area contributed by atoms with Gasteiger partial charge < -0.3 is 14.8 Å². The summed E-state index contributed by atoms with van der Waals surface area (Å²) < 4.78 is 18.3. The molecule has 142 valence electrons. The smallest absolute Gasteiger partial charge is 0.249 e. The Morgan fingerprint density at radius 3 is 2.82 bits per heavy atom. The summed E-state index contributed by atoms with van der Waals surface area (Å²) in [4.78, 5) is 19.8. The molecule has 0 radical (unpaired) electrons. The number of fused-ring (bicyclic) bond motifs is 1. The Bertz CT molecular complexity index is 1100. The van der Waals surface area contributed by atoms with E-state index >= 15 is 0 Å². The minimum Gasteiger partial charge on any atom is -0.361 e. The fourth-order valence-corrected chi connectivity index (χ4v) is 3.09. The number of carbonyl (C=O) groups is 1. The summed E-state index contributed by atoms with van der Waals surface area (Å²) in [5.74, 6) is 0.234. The Kier molecular flexibility index (Phi) is 4.89. The van der Waals surface area contributed by atoms with E-state index in [-0.39, 0.29) is 11.7 Å². The van der Waals surface area contributed by atoms with Crippen molar-refractivity contribution in [3.8, 4) is 11.4 Å². The molecule has 4 rings (SSSR count). The first-order chi connectivity index (χ1) is 13.6. The first kappa shape index (κ1) is 17.9. The Labute approximate surface area is 160 Å². The number of nitrogens with zero attached hydrogens (tertiary/aromatic N) is 2. The zero-order chi connectivity index (χ0) is 19.5. The van der Waals surface area contributed by atoms with Crippen LogP contribution in [-0.2, 0) is 11.2 Å². The molecule has 0 aliphatic rings. The van der Waals surface area contributed by atoms with Gasteiger partial charge >= 0.3 is 0 Å². The van der Waals surface area contributed by atoms with Gasteiger partial charge in [0.1, 0.15) is 11.9 Å². The maximum absolute atomic E-state index is 13.0. The van der Waals surface area contributed by atoms with Gasteiger partial charge in [0.2, 0.25) is 17.6 Å². The van der Waals surface area contributed by atoms with Crippen LogP contribution in [0.15, 0.2) is 59.3 Å². The summed E-state index contributed by atoms with van der Waals surface area (Å²) in [5.41, 5.74) is 2.81. The number of carbonyl (C=O) groups excluding carboxylic acids is 1. The number of benzene rings is 2. The summed E-state index contributed by atoms with van der Waals surface area (Å²) in [7, 11) is 0. The number of nitrogens with one attached hydrogen (secondary N) is 2. The molecule has 28 heavy (non-hydrogen) atoms. The summed E-state index contributed by atoms with van der Waals surface area (Å²) >= 11 is 0. The van der Waals surface area contributed by atoms with Gasteiger partial charge in [0.15, 0.2) is 0 Å². The Balaban J connectivity index is 1.36. The van der Waals surface area contributed by atoms with Gasteiger partial charge in [-0.3, -0.25) is 4.79 Å². The van der Waals surface area contributed by atoms with Crippen molar-refractivity contribution in [1.29, 1.82) is 0 Å². The highest BCUT2D eigenvalue weighted by Crippen LogP contribution is 2.20. The highest BCUT2D eigenvalue weighted by molar-refractivity contribution is 5.84. The van der Waals surface area contributed by atoms with Crippen LogP contribution in [0.2, 0.25) is 0 Å². The molecule has 0 saturated heterocycles. The van der Waals surface area contributed by atoms with Crippen molar-refractivity contribution in [3.05, 3.63) is 72.0 Å². The lowest BCUT2D eigenvalue weighted by atomic mass is 10.1. The second kappa shape index (κ2) is 7.64. The highest BCUT2D eigenvalue weighted by Gasteiger charge is 2.17. The minimum absolute atomic E-state index is 0.0979. The molecule has 1 amide bonds. The molecule has 0 aliphatic carbocycles. The van der Waals surface area contributed by atoms with Crippen LogP contribution in [0.1, 0.15) is 30.8 Å². The number of para-hydroxylation sites is 1. The third-order valence-corrected chi connectivity index (χ3v) is 4.59. The standard InChI is InChI=1S/C21H19FN4O2/c1-13(21-25-20(26-28-21)14-6-9-16(22)10-7-14)24-19(27)11-8-15-12-23-18-5-3-2-4-17(15)18/h2-7,9-10,12-13,23H,8,11H2,1H3,(H,24,27). The van der Waals surface area contributed by atoms with Crippen molar-refractivity contribution in [2.45, 2.75) is 25.8 Å². The van der Waals surface area contributed by atoms with Crippen LogP contribution < -0.4 is 5.32 Å². The molecular weight excluding hydrogens is 359 g/mol. The molecule has 0 spiro atoms. The molecule has 2 N–H and O–H groups in total. The summed E-state index contributed by atoms with van der Waals surface area (Å²) in [6.45, 7) is 1.78. The fraction of sp³-hybridized carbons (Fsp3) is 0.190. The zero-order valence-electron chi connectivity index (χ0n) is 15.3. The lowest BCUT2D eigenvalue weighted by Gasteiger charge is -2.09. The Morgan fingerprint density at radius 2 is 2.00 bits per heavy atom. The predicted molar refractivity (Wildman–Crippen MR) is 103 cm³/mol. The molecule has 2 heterocycles.